The molecule has 0 bridgehead atoms. The third-order valence-corrected chi connectivity index (χ3v) is 3.51. The first kappa shape index (κ1) is 14.9. The van der Waals surface area contributed by atoms with Crippen LogP contribution >= 0.6 is 0 Å². The molecule has 0 aromatic heterocycles. The molecular weight excluding hydrogens is 216 g/mol. The lowest BCUT2D eigenvalue weighted by Crippen LogP contribution is -2.45. The van der Waals surface area contributed by atoms with E-state index in [1.807, 2.05) is 13.8 Å². The summed E-state index contributed by atoms with van der Waals surface area (Å²) < 4.78 is 11.6. The minimum atomic E-state index is -0.445. The fraction of sp³-hybridized carbons (Fsp3) is 1.00. The van der Waals surface area contributed by atoms with Crippen molar-refractivity contribution in [1.29, 1.82) is 0 Å². The second-order valence-electron chi connectivity index (χ2n) is 6.21. The molecule has 1 N–H and O–H groups in total. The van der Waals surface area contributed by atoms with Crippen LogP contribution in [-0.4, -0.2) is 30.2 Å². The van der Waals surface area contributed by atoms with Crippen molar-refractivity contribution in [1.82, 2.24) is 0 Å². The van der Waals surface area contributed by atoms with E-state index in [-0.39, 0.29) is 12.7 Å². The van der Waals surface area contributed by atoms with Crippen molar-refractivity contribution in [3.63, 3.8) is 0 Å². The third-order valence-electron chi connectivity index (χ3n) is 3.51. The third kappa shape index (κ3) is 4.94. The van der Waals surface area contributed by atoms with Gasteiger partial charge in [-0.05, 0) is 38.5 Å². The normalized spacial score (nSPS) is 32.1. The molecule has 1 rings (SSSR count). The fourth-order valence-electron chi connectivity index (χ4n) is 2.49. The van der Waals surface area contributed by atoms with Crippen LogP contribution in [0.4, 0.5) is 0 Å². The number of hydrogen-bond donors (Lipinski definition) is 1. The first-order valence-corrected chi connectivity index (χ1v) is 6.76. The van der Waals surface area contributed by atoms with Gasteiger partial charge in [-0.3, -0.25) is 0 Å². The quantitative estimate of drug-likeness (QED) is 0.808. The van der Waals surface area contributed by atoms with E-state index < -0.39 is 5.79 Å². The van der Waals surface area contributed by atoms with Crippen molar-refractivity contribution in [2.45, 2.75) is 59.4 Å². The van der Waals surface area contributed by atoms with Gasteiger partial charge in [-0.15, -0.1) is 0 Å². The number of aliphatic hydroxyl groups is 1. The molecule has 1 aliphatic rings. The lowest BCUT2D eigenvalue weighted by Gasteiger charge is -2.41. The second kappa shape index (κ2) is 6.17. The predicted molar refractivity (Wildman–Crippen MR) is 68.7 cm³/mol. The summed E-state index contributed by atoms with van der Waals surface area (Å²) in [5.41, 5.74) is 0. The molecule has 0 aromatic rings. The Labute approximate surface area is 105 Å². The van der Waals surface area contributed by atoms with E-state index in [0.717, 1.165) is 19.4 Å². The molecule has 1 heterocycles. The summed E-state index contributed by atoms with van der Waals surface area (Å²) in [7, 11) is 0. The van der Waals surface area contributed by atoms with Crippen molar-refractivity contribution >= 4 is 0 Å². The minimum Gasteiger partial charge on any atom is -0.396 e. The maximum atomic E-state index is 9.07. The first-order valence-electron chi connectivity index (χ1n) is 6.76. The van der Waals surface area contributed by atoms with Gasteiger partial charge in [0.1, 0.15) is 0 Å². The maximum absolute atomic E-state index is 9.07. The van der Waals surface area contributed by atoms with Gasteiger partial charge in [0.2, 0.25) is 0 Å². The molecule has 102 valence electrons. The van der Waals surface area contributed by atoms with Gasteiger partial charge < -0.3 is 14.6 Å². The Bertz CT molecular complexity index is 228. The van der Waals surface area contributed by atoms with Gasteiger partial charge in [0, 0.05) is 12.5 Å². The molecule has 0 unspecified atom stereocenters. The zero-order chi connectivity index (χ0) is 13.1. The van der Waals surface area contributed by atoms with E-state index in [9.17, 15) is 0 Å². The van der Waals surface area contributed by atoms with Gasteiger partial charge in [-0.25, -0.2) is 0 Å². The summed E-state index contributed by atoms with van der Waals surface area (Å²) in [4.78, 5) is 0. The molecule has 0 radical (unpaired) electrons. The van der Waals surface area contributed by atoms with Crippen molar-refractivity contribution in [2.24, 2.45) is 17.8 Å². The number of hydrogen-bond acceptors (Lipinski definition) is 3. The molecule has 0 saturated carbocycles. The van der Waals surface area contributed by atoms with Crippen molar-refractivity contribution in [2.75, 3.05) is 13.2 Å². The van der Waals surface area contributed by atoms with E-state index in [2.05, 4.69) is 20.8 Å². The molecule has 3 heteroatoms. The van der Waals surface area contributed by atoms with Gasteiger partial charge in [0.15, 0.2) is 5.79 Å². The van der Waals surface area contributed by atoms with Crippen LogP contribution in [0.2, 0.25) is 0 Å². The van der Waals surface area contributed by atoms with Crippen LogP contribution in [0.5, 0.6) is 0 Å². The van der Waals surface area contributed by atoms with Crippen LogP contribution in [0.15, 0.2) is 0 Å². The Morgan fingerprint density at radius 1 is 1.29 bits per heavy atom. The average molecular weight is 244 g/mol. The van der Waals surface area contributed by atoms with Gasteiger partial charge in [-0.1, -0.05) is 20.8 Å². The maximum Gasteiger partial charge on any atom is 0.163 e. The molecule has 1 saturated heterocycles. The Kier molecular flexibility index (Phi) is 5.42. The van der Waals surface area contributed by atoms with E-state index in [1.165, 1.54) is 0 Å². The monoisotopic (exact) mass is 244 g/mol. The van der Waals surface area contributed by atoms with Crippen LogP contribution in [-0.2, 0) is 9.47 Å². The molecule has 17 heavy (non-hydrogen) atoms. The molecule has 1 aliphatic heterocycles. The fourth-order valence-corrected chi connectivity index (χ4v) is 2.49. The standard InChI is InChI=1S/C14H28O3/c1-10(6-11(2)8-15)7-13-12(3)9-16-14(4,5)17-13/h10-13,15H,6-9H2,1-5H3/t10-,11+,12-,13+/m0/s1. The summed E-state index contributed by atoms with van der Waals surface area (Å²) in [6, 6.07) is 0. The van der Waals surface area contributed by atoms with Crippen LogP contribution < -0.4 is 0 Å². The summed E-state index contributed by atoms with van der Waals surface area (Å²) in [6.07, 6.45) is 2.39. The molecule has 1 fully saturated rings. The SMILES string of the molecule is C[C@@H](CO)C[C@H](C)C[C@H]1OC(C)(C)OC[C@@H]1C. The van der Waals surface area contributed by atoms with E-state index >= 15 is 0 Å². The average Bonchev–Trinajstić information content (AvgIpc) is 2.23. The Morgan fingerprint density at radius 2 is 1.94 bits per heavy atom. The van der Waals surface area contributed by atoms with Crippen LogP contribution in [0.3, 0.4) is 0 Å². The molecule has 0 spiro atoms. The number of ether oxygens (including phenoxy) is 2. The largest absolute Gasteiger partial charge is 0.396 e. The summed E-state index contributed by atoms with van der Waals surface area (Å²) in [5.74, 6) is 0.973. The smallest absolute Gasteiger partial charge is 0.163 e. The topological polar surface area (TPSA) is 38.7 Å². The minimum absolute atomic E-state index is 0.277. The van der Waals surface area contributed by atoms with E-state index in [4.69, 9.17) is 14.6 Å². The predicted octanol–water partition coefficient (Wildman–Crippen LogP) is 2.82. The summed E-state index contributed by atoms with van der Waals surface area (Å²) >= 11 is 0. The van der Waals surface area contributed by atoms with Crippen molar-refractivity contribution in [3.05, 3.63) is 0 Å². The Morgan fingerprint density at radius 3 is 2.53 bits per heavy atom. The number of rotatable bonds is 5. The lowest BCUT2D eigenvalue weighted by atomic mass is 9.88. The van der Waals surface area contributed by atoms with Crippen LogP contribution in [0.25, 0.3) is 0 Å². The molecule has 0 aliphatic carbocycles. The zero-order valence-electron chi connectivity index (χ0n) is 11.9. The van der Waals surface area contributed by atoms with Gasteiger partial charge in [0.05, 0.1) is 12.7 Å². The van der Waals surface area contributed by atoms with Gasteiger partial charge in [0.25, 0.3) is 0 Å². The Balaban J connectivity index is 2.43. The van der Waals surface area contributed by atoms with Crippen LogP contribution in [0, 0.1) is 17.8 Å². The van der Waals surface area contributed by atoms with Crippen LogP contribution in [0.1, 0.15) is 47.5 Å². The highest BCUT2D eigenvalue weighted by Crippen LogP contribution is 2.31. The molecule has 3 nitrogen and oxygen atoms in total. The molecule has 0 amide bonds. The number of aliphatic hydroxyl groups excluding tert-OH is 1. The summed E-state index contributed by atoms with van der Waals surface area (Å²) in [6.45, 7) is 11.5. The molecule has 4 atom stereocenters. The van der Waals surface area contributed by atoms with E-state index in [0.29, 0.717) is 17.8 Å². The Hall–Kier alpha value is -0.120. The lowest BCUT2D eigenvalue weighted by molar-refractivity contribution is -0.293. The van der Waals surface area contributed by atoms with Crippen molar-refractivity contribution in [3.8, 4) is 0 Å². The highest BCUT2D eigenvalue weighted by molar-refractivity contribution is 4.77. The van der Waals surface area contributed by atoms with Gasteiger partial charge in [-0.2, -0.15) is 0 Å². The zero-order valence-corrected chi connectivity index (χ0v) is 11.9. The van der Waals surface area contributed by atoms with Gasteiger partial charge >= 0.3 is 0 Å². The summed E-state index contributed by atoms with van der Waals surface area (Å²) in [5, 5.41) is 9.07. The molecular formula is C14H28O3. The molecule has 0 aromatic carbocycles. The second-order valence-corrected chi connectivity index (χ2v) is 6.21. The first-order chi connectivity index (χ1) is 7.84. The highest BCUT2D eigenvalue weighted by atomic mass is 16.7. The van der Waals surface area contributed by atoms with Crippen molar-refractivity contribution < 1.29 is 14.6 Å². The van der Waals surface area contributed by atoms with E-state index in [1.54, 1.807) is 0 Å². The highest BCUT2D eigenvalue weighted by Gasteiger charge is 2.34.